The fourth-order valence-electron chi connectivity index (χ4n) is 2.18. The maximum atomic E-state index is 5.62. The zero-order chi connectivity index (χ0) is 17.2. The highest BCUT2D eigenvalue weighted by Crippen LogP contribution is 2.20. The molecule has 128 valence electrons. The maximum absolute atomic E-state index is 5.62. The summed E-state index contributed by atoms with van der Waals surface area (Å²) in [5, 5.41) is 0. The summed E-state index contributed by atoms with van der Waals surface area (Å²) >= 11 is 0. The van der Waals surface area contributed by atoms with Gasteiger partial charge in [0.15, 0.2) is 6.29 Å². The number of aryl methyl sites for hydroxylation is 1. The molecule has 1 heterocycles. The first-order valence-electron chi connectivity index (χ1n) is 8.28. The lowest BCUT2D eigenvalue weighted by Gasteiger charge is -2.17. The average Bonchev–Trinajstić information content (AvgIpc) is 2.61. The van der Waals surface area contributed by atoms with Crippen LogP contribution in [0.1, 0.15) is 37.0 Å². The molecule has 0 aliphatic carbocycles. The summed E-state index contributed by atoms with van der Waals surface area (Å²) in [4.78, 5) is 4.20. The van der Waals surface area contributed by atoms with Gasteiger partial charge in [0.25, 0.3) is 0 Å². The molecule has 2 aromatic rings. The number of nitrogens with zero attached hydrogens (tertiary/aromatic N) is 1. The predicted octanol–water partition coefficient (Wildman–Crippen LogP) is 4.55. The monoisotopic (exact) mass is 327 g/mol. The van der Waals surface area contributed by atoms with Gasteiger partial charge in [-0.3, -0.25) is 4.98 Å². The van der Waals surface area contributed by atoms with Gasteiger partial charge >= 0.3 is 0 Å². The predicted molar refractivity (Wildman–Crippen MR) is 95.9 cm³/mol. The van der Waals surface area contributed by atoms with E-state index < -0.39 is 0 Å². The van der Waals surface area contributed by atoms with Gasteiger partial charge in [0, 0.05) is 24.5 Å². The first kappa shape index (κ1) is 18.2. The number of pyridine rings is 1. The molecule has 0 aliphatic rings. The highest BCUT2D eigenvalue weighted by Gasteiger charge is 2.10. The van der Waals surface area contributed by atoms with Crippen molar-refractivity contribution in [2.45, 2.75) is 27.1 Å². The minimum atomic E-state index is -0.296. The van der Waals surface area contributed by atoms with E-state index in [4.69, 9.17) is 14.2 Å². The molecular weight excluding hydrogens is 302 g/mol. The fourth-order valence-corrected chi connectivity index (χ4v) is 2.18. The molecule has 4 nitrogen and oxygen atoms in total. The second-order valence-electron chi connectivity index (χ2n) is 5.26. The molecule has 0 unspecified atom stereocenters. The van der Waals surface area contributed by atoms with Crippen LogP contribution in [0.25, 0.3) is 6.08 Å². The van der Waals surface area contributed by atoms with E-state index in [0.717, 1.165) is 22.6 Å². The van der Waals surface area contributed by atoms with E-state index in [1.165, 1.54) is 0 Å². The minimum Gasteiger partial charge on any atom is -0.488 e. The van der Waals surface area contributed by atoms with E-state index in [1.54, 1.807) is 6.20 Å². The van der Waals surface area contributed by atoms with Crippen LogP contribution in [-0.2, 0) is 9.47 Å². The molecule has 24 heavy (non-hydrogen) atoms. The number of ether oxygens (including phenoxy) is 3. The van der Waals surface area contributed by atoms with Crippen LogP contribution in [0, 0.1) is 6.92 Å². The van der Waals surface area contributed by atoms with Crippen molar-refractivity contribution in [3.8, 4) is 5.75 Å². The van der Waals surface area contributed by atoms with Crippen LogP contribution in [0.3, 0.4) is 0 Å². The Hall–Kier alpha value is -2.17. The number of rotatable bonds is 9. The molecule has 0 atom stereocenters. The smallest absolute Gasteiger partial charge is 0.183 e. The van der Waals surface area contributed by atoms with Crippen molar-refractivity contribution in [1.82, 2.24) is 4.98 Å². The lowest BCUT2D eigenvalue weighted by atomic mass is 10.1. The third-order valence-corrected chi connectivity index (χ3v) is 3.39. The quantitative estimate of drug-likeness (QED) is 0.633. The van der Waals surface area contributed by atoms with Crippen LogP contribution in [-0.4, -0.2) is 24.8 Å². The van der Waals surface area contributed by atoms with E-state index in [0.29, 0.717) is 19.8 Å². The van der Waals surface area contributed by atoms with E-state index in [1.807, 2.05) is 69.3 Å². The molecule has 0 spiro atoms. The number of benzene rings is 1. The van der Waals surface area contributed by atoms with Crippen LogP contribution in [0.5, 0.6) is 5.75 Å². The van der Waals surface area contributed by atoms with Gasteiger partial charge in [0.1, 0.15) is 12.4 Å². The van der Waals surface area contributed by atoms with Crippen molar-refractivity contribution in [3.63, 3.8) is 0 Å². The summed E-state index contributed by atoms with van der Waals surface area (Å²) in [6.45, 7) is 7.64. The summed E-state index contributed by atoms with van der Waals surface area (Å²) in [6.07, 6.45) is 5.45. The Kier molecular flexibility index (Phi) is 7.46. The van der Waals surface area contributed by atoms with Crippen molar-refractivity contribution in [3.05, 3.63) is 65.5 Å². The van der Waals surface area contributed by atoms with Crippen molar-refractivity contribution >= 4 is 6.08 Å². The number of hydrogen-bond donors (Lipinski definition) is 0. The van der Waals surface area contributed by atoms with Gasteiger partial charge in [0.05, 0.1) is 6.20 Å². The highest BCUT2D eigenvalue weighted by atomic mass is 16.7. The SMILES string of the molecule is CCOC(OCC)c1ccc(/C=C/COc2ccc(C)nc2)cc1. The summed E-state index contributed by atoms with van der Waals surface area (Å²) in [5.41, 5.74) is 3.12. The fraction of sp³-hybridized carbons (Fsp3) is 0.350. The van der Waals surface area contributed by atoms with Gasteiger partial charge < -0.3 is 14.2 Å². The van der Waals surface area contributed by atoms with Crippen molar-refractivity contribution in [2.24, 2.45) is 0 Å². The largest absolute Gasteiger partial charge is 0.488 e. The van der Waals surface area contributed by atoms with Crippen LogP contribution in [0.15, 0.2) is 48.7 Å². The van der Waals surface area contributed by atoms with Gasteiger partial charge in [-0.05, 0) is 44.5 Å². The maximum Gasteiger partial charge on any atom is 0.183 e. The molecule has 0 amide bonds. The summed E-state index contributed by atoms with van der Waals surface area (Å²) in [7, 11) is 0. The first-order valence-corrected chi connectivity index (χ1v) is 8.28. The molecule has 0 radical (unpaired) electrons. The topological polar surface area (TPSA) is 40.6 Å². The highest BCUT2D eigenvalue weighted by molar-refractivity contribution is 5.49. The molecule has 0 saturated carbocycles. The van der Waals surface area contributed by atoms with E-state index in [2.05, 4.69) is 4.98 Å². The van der Waals surface area contributed by atoms with Crippen LogP contribution < -0.4 is 4.74 Å². The molecule has 1 aromatic heterocycles. The molecule has 0 fully saturated rings. The van der Waals surface area contributed by atoms with Crippen LogP contribution >= 0.6 is 0 Å². The molecule has 1 aromatic carbocycles. The molecule has 4 heteroatoms. The van der Waals surface area contributed by atoms with Crippen molar-refractivity contribution in [1.29, 1.82) is 0 Å². The van der Waals surface area contributed by atoms with Crippen LogP contribution in [0.4, 0.5) is 0 Å². The normalized spacial score (nSPS) is 11.3. The van der Waals surface area contributed by atoms with Gasteiger partial charge in [-0.25, -0.2) is 0 Å². The summed E-state index contributed by atoms with van der Waals surface area (Å²) in [5.74, 6) is 0.775. The Balaban J connectivity index is 1.87. The van der Waals surface area contributed by atoms with Gasteiger partial charge in [-0.15, -0.1) is 0 Å². The number of aromatic nitrogens is 1. The summed E-state index contributed by atoms with van der Waals surface area (Å²) in [6, 6.07) is 12.0. The third kappa shape index (κ3) is 5.80. The minimum absolute atomic E-state index is 0.296. The van der Waals surface area contributed by atoms with Gasteiger partial charge in [-0.1, -0.05) is 30.3 Å². The van der Waals surface area contributed by atoms with E-state index in [-0.39, 0.29) is 6.29 Å². The molecular formula is C20H25NO3. The second kappa shape index (κ2) is 9.85. The standard InChI is InChI=1S/C20H25NO3/c1-4-22-20(23-5-2)18-11-9-17(10-12-18)7-6-14-24-19-13-8-16(3)21-15-19/h6-13,15,20H,4-5,14H2,1-3H3/b7-6+. The Bertz CT molecular complexity index is 614. The molecule has 0 N–H and O–H groups in total. The van der Waals surface area contributed by atoms with Crippen molar-refractivity contribution < 1.29 is 14.2 Å². The van der Waals surface area contributed by atoms with Gasteiger partial charge in [0.2, 0.25) is 0 Å². The second-order valence-corrected chi connectivity index (χ2v) is 5.26. The Morgan fingerprint density at radius 1 is 1.00 bits per heavy atom. The van der Waals surface area contributed by atoms with Crippen LogP contribution in [0.2, 0.25) is 0 Å². The number of hydrogen-bond acceptors (Lipinski definition) is 4. The summed E-state index contributed by atoms with van der Waals surface area (Å²) < 4.78 is 16.8. The van der Waals surface area contributed by atoms with E-state index in [9.17, 15) is 0 Å². The third-order valence-electron chi connectivity index (χ3n) is 3.39. The average molecular weight is 327 g/mol. The lowest BCUT2D eigenvalue weighted by Crippen LogP contribution is -2.08. The molecule has 0 aliphatic heterocycles. The Labute approximate surface area is 144 Å². The zero-order valence-corrected chi connectivity index (χ0v) is 14.6. The van der Waals surface area contributed by atoms with E-state index >= 15 is 0 Å². The lowest BCUT2D eigenvalue weighted by molar-refractivity contribution is -0.140. The van der Waals surface area contributed by atoms with Gasteiger partial charge in [-0.2, -0.15) is 0 Å². The zero-order valence-electron chi connectivity index (χ0n) is 14.6. The molecule has 2 rings (SSSR count). The first-order chi connectivity index (χ1) is 11.7. The Morgan fingerprint density at radius 3 is 2.29 bits per heavy atom. The Morgan fingerprint density at radius 2 is 1.71 bits per heavy atom. The molecule has 0 saturated heterocycles. The van der Waals surface area contributed by atoms with Crippen molar-refractivity contribution in [2.75, 3.05) is 19.8 Å². The molecule has 0 bridgehead atoms.